The lowest BCUT2D eigenvalue weighted by Crippen LogP contribution is -2.14. The van der Waals surface area contributed by atoms with Crippen LogP contribution >= 0.6 is 11.6 Å². The second-order valence-electron chi connectivity index (χ2n) is 3.23. The molecule has 0 saturated carbocycles. The fraction of sp³-hybridized carbons (Fsp3) is 0.333. The smallest absolute Gasteiger partial charge is 0.0451 e. The molecule has 1 aromatic carbocycles. The SMILES string of the molecule is C=Cc1ccc(Cl)c(CNCCC)c1. The quantitative estimate of drug-likeness (QED) is 0.733. The molecule has 14 heavy (non-hydrogen) atoms. The lowest BCUT2D eigenvalue weighted by atomic mass is 10.1. The third kappa shape index (κ3) is 3.17. The van der Waals surface area contributed by atoms with Crippen molar-refractivity contribution in [1.82, 2.24) is 5.32 Å². The van der Waals surface area contributed by atoms with E-state index >= 15 is 0 Å². The van der Waals surface area contributed by atoms with Crippen LogP contribution < -0.4 is 5.32 Å². The number of hydrogen-bond donors (Lipinski definition) is 1. The highest BCUT2D eigenvalue weighted by Gasteiger charge is 1.99. The van der Waals surface area contributed by atoms with Gasteiger partial charge in [0, 0.05) is 11.6 Å². The normalized spacial score (nSPS) is 10.1. The molecule has 76 valence electrons. The molecule has 0 amide bonds. The third-order valence-corrected chi connectivity index (χ3v) is 2.42. The van der Waals surface area contributed by atoms with Crippen molar-refractivity contribution in [2.24, 2.45) is 0 Å². The Hall–Kier alpha value is -0.790. The maximum atomic E-state index is 6.06. The Labute approximate surface area is 90.8 Å². The Kier molecular flexibility index (Phi) is 4.71. The molecular formula is C12H16ClN. The zero-order valence-corrected chi connectivity index (χ0v) is 9.27. The largest absolute Gasteiger partial charge is 0.313 e. The van der Waals surface area contributed by atoms with Gasteiger partial charge in [0.2, 0.25) is 0 Å². The predicted octanol–water partition coefficient (Wildman–Crippen LogP) is 3.48. The van der Waals surface area contributed by atoms with E-state index < -0.39 is 0 Å². The van der Waals surface area contributed by atoms with Crippen LogP contribution in [0, 0.1) is 0 Å². The number of nitrogens with one attached hydrogen (secondary N) is 1. The zero-order chi connectivity index (χ0) is 10.4. The lowest BCUT2D eigenvalue weighted by molar-refractivity contribution is 0.675. The molecule has 0 spiro atoms. The van der Waals surface area contributed by atoms with E-state index in [-0.39, 0.29) is 0 Å². The van der Waals surface area contributed by atoms with Crippen molar-refractivity contribution < 1.29 is 0 Å². The first kappa shape index (κ1) is 11.3. The Morgan fingerprint density at radius 2 is 2.29 bits per heavy atom. The van der Waals surface area contributed by atoms with Gasteiger partial charge in [0.15, 0.2) is 0 Å². The molecule has 1 N–H and O–H groups in total. The van der Waals surface area contributed by atoms with Crippen molar-refractivity contribution in [3.05, 3.63) is 40.9 Å². The van der Waals surface area contributed by atoms with Crippen molar-refractivity contribution >= 4 is 17.7 Å². The summed E-state index contributed by atoms with van der Waals surface area (Å²) in [7, 11) is 0. The highest BCUT2D eigenvalue weighted by Crippen LogP contribution is 2.17. The van der Waals surface area contributed by atoms with Crippen LogP contribution in [-0.4, -0.2) is 6.54 Å². The molecule has 0 aromatic heterocycles. The van der Waals surface area contributed by atoms with Gasteiger partial charge in [-0.3, -0.25) is 0 Å². The molecule has 0 aliphatic carbocycles. The minimum Gasteiger partial charge on any atom is -0.313 e. The molecule has 0 radical (unpaired) electrons. The van der Waals surface area contributed by atoms with Gasteiger partial charge in [-0.1, -0.05) is 37.2 Å². The Balaban J connectivity index is 2.68. The molecule has 0 atom stereocenters. The van der Waals surface area contributed by atoms with E-state index in [2.05, 4.69) is 24.9 Å². The van der Waals surface area contributed by atoms with Crippen LogP contribution in [0.4, 0.5) is 0 Å². The van der Waals surface area contributed by atoms with Crippen molar-refractivity contribution in [1.29, 1.82) is 0 Å². The van der Waals surface area contributed by atoms with Gasteiger partial charge >= 0.3 is 0 Å². The summed E-state index contributed by atoms with van der Waals surface area (Å²) in [5.41, 5.74) is 2.25. The van der Waals surface area contributed by atoms with E-state index in [9.17, 15) is 0 Å². The molecule has 0 aliphatic heterocycles. The molecule has 1 rings (SSSR count). The maximum Gasteiger partial charge on any atom is 0.0451 e. The monoisotopic (exact) mass is 209 g/mol. The number of hydrogen-bond acceptors (Lipinski definition) is 1. The molecule has 0 bridgehead atoms. The second kappa shape index (κ2) is 5.84. The molecule has 1 nitrogen and oxygen atoms in total. The van der Waals surface area contributed by atoms with Crippen LogP contribution in [0.3, 0.4) is 0 Å². The molecule has 0 heterocycles. The topological polar surface area (TPSA) is 12.0 Å². The number of rotatable bonds is 5. The maximum absolute atomic E-state index is 6.06. The average molecular weight is 210 g/mol. The number of halogens is 1. The lowest BCUT2D eigenvalue weighted by Gasteiger charge is -2.06. The third-order valence-electron chi connectivity index (χ3n) is 2.05. The fourth-order valence-corrected chi connectivity index (χ4v) is 1.44. The van der Waals surface area contributed by atoms with Gasteiger partial charge in [0.25, 0.3) is 0 Å². The van der Waals surface area contributed by atoms with Gasteiger partial charge in [0.05, 0.1) is 0 Å². The summed E-state index contributed by atoms with van der Waals surface area (Å²) in [6.07, 6.45) is 2.97. The Bertz CT molecular complexity index is 307. The first-order valence-corrected chi connectivity index (χ1v) is 5.27. The van der Waals surface area contributed by atoms with E-state index in [0.717, 1.165) is 35.7 Å². The first-order valence-electron chi connectivity index (χ1n) is 4.89. The van der Waals surface area contributed by atoms with Crippen LogP contribution in [0.25, 0.3) is 6.08 Å². The van der Waals surface area contributed by atoms with Crippen molar-refractivity contribution in [2.75, 3.05) is 6.54 Å². The van der Waals surface area contributed by atoms with Gasteiger partial charge in [0.1, 0.15) is 0 Å². The molecular weight excluding hydrogens is 194 g/mol. The van der Waals surface area contributed by atoms with E-state index in [4.69, 9.17) is 11.6 Å². The van der Waals surface area contributed by atoms with Crippen molar-refractivity contribution in [3.8, 4) is 0 Å². The van der Waals surface area contributed by atoms with Gasteiger partial charge in [-0.15, -0.1) is 0 Å². The van der Waals surface area contributed by atoms with Crippen LogP contribution in [0.1, 0.15) is 24.5 Å². The van der Waals surface area contributed by atoms with Crippen molar-refractivity contribution in [2.45, 2.75) is 19.9 Å². The van der Waals surface area contributed by atoms with E-state index in [1.54, 1.807) is 0 Å². The zero-order valence-electron chi connectivity index (χ0n) is 8.52. The summed E-state index contributed by atoms with van der Waals surface area (Å²) in [5, 5.41) is 4.14. The summed E-state index contributed by atoms with van der Waals surface area (Å²) in [5.74, 6) is 0. The van der Waals surface area contributed by atoms with Gasteiger partial charge < -0.3 is 5.32 Å². The predicted molar refractivity (Wildman–Crippen MR) is 63.5 cm³/mol. The van der Waals surface area contributed by atoms with Gasteiger partial charge in [-0.2, -0.15) is 0 Å². The standard InChI is InChI=1S/C12H16ClN/c1-3-7-14-9-11-8-10(4-2)5-6-12(11)13/h4-6,8,14H,2-3,7,9H2,1H3. The molecule has 0 fully saturated rings. The second-order valence-corrected chi connectivity index (χ2v) is 3.64. The number of benzene rings is 1. The van der Waals surface area contributed by atoms with E-state index in [1.807, 2.05) is 18.2 Å². The van der Waals surface area contributed by atoms with Crippen LogP contribution in [0.5, 0.6) is 0 Å². The van der Waals surface area contributed by atoms with Crippen LogP contribution in [0.2, 0.25) is 5.02 Å². The summed E-state index contributed by atoms with van der Waals surface area (Å²) in [6, 6.07) is 5.96. The summed E-state index contributed by atoms with van der Waals surface area (Å²) < 4.78 is 0. The molecule has 2 heteroatoms. The average Bonchev–Trinajstić information content (AvgIpc) is 2.21. The van der Waals surface area contributed by atoms with Gasteiger partial charge in [-0.05, 0) is 36.2 Å². The van der Waals surface area contributed by atoms with Crippen LogP contribution in [0.15, 0.2) is 24.8 Å². The van der Waals surface area contributed by atoms with Crippen molar-refractivity contribution in [3.63, 3.8) is 0 Å². The minimum absolute atomic E-state index is 0.819. The van der Waals surface area contributed by atoms with E-state index in [1.165, 1.54) is 0 Å². The fourth-order valence-electron chi connectivity index (χ4n) is 1.26. The minimum atomic E-state index is 0.819. The Morgan fingerprint density at radius 1 is 1.50 bits per heavy atom. The molecule has 0 aliphatic rings. The summed E-state index contributed by atoms with van der Waals surface area (Å²) >= 11 is 6.06. The van der Waals surface area contributed by atoms with E-state index in [0.29, 0.717) is 0 Å². The van der Waals surface area contributed by atoms with Crippen LogP contribution in [-0.2, 0) is 6.54 Å². The Morgan fingerprint density at radius 3 is 2.93 bits per heavy atom. The molecule has 1 aromatic rings. The highest BCUT2D eigenvalue weighted by molar-refractivity contribution is 6.31. The van der Waals surface area contributed by atoms with Gasteiger partial charge in [-0.25, -0.2) is 0 Å². The molecule has 0 saturated heterocycles. The summed E-state index contributed by atoms with van der Waals surface area (Å²) in [4.78, 5) is 0. The summed E-state index contributed by atoms with van der Waals surface area (Å²) in [6.45, 7) is 7.73. The highest BCUT2D eigenvalue weighted by atomic mass is 35.5. The molecule has 0 unspecified atom stereocenters. The first-order chi connectivity index (χ1) is 6.77.